The predicted octanol–water partition coefficient (Wildman–Crippen LogP) is 1.75. The Kier molecular flexibility index (Phi) is 5.82. The number of nitrogens with one attached hydrogen (secondary N) is 1. The summed E-state index contributed by atoms with van der Waals surface area (Å²) in [5.41, 5.74) is 0. The number of amides is 1. The standard InChI is InChI=1S/C12H21NO3S/c1-8(17-2)5-6-13-11(14)9-3-4-10(7-9)12(15)16/h8-10H,3-7H2,1-2H3,(H,13,14)(H,15,16)/t8?,9-,10+/m1/s1. The zero-order valence-corrected chi connectivity index (χ0v) is 11.3. The van der Waals surface area contributed by atoms with Gasteiger partial charge in [-0.2, -0.15) is 11.8 Å². The Morgan fingerprint density at radius 2 is 2.06 bits per heavy atom. The maximum Gasteiger partial charge on any atom is 0.306 e. The monoisotopic (exact) mass is 259 g/mol. The molecule has 1 amide bonds. The van der Waals surface area contributed by atoms with Gasteiger partial charge < -0.3 is 10.4 Å². The Morgan fingerprint density at radius 1 is 1.41 bits per heavy atom. The first-order valence-electron chi connectivity index (χ1n) is 6.08. The molecular weight excluding hydrogens is 238 g/mol. The summed E-state index contributed by atoms with van der Waals surface area (Å²) < 4.78 is 0. The molecule has 1 rings (SSSR count). The number of carboxylic acid groups (broad SMARTS) is 1. The van der Waals surface area contributed by atoms with E-state index in [4.69, 9.17) is 5.11 Å². The fraction of sp³-hybridized carbons (Fsp3) is 0.833. The van der Waals surface area contributed by atoms with Gasteiger partial charge in [0.25, 0.3) is 0 Å². The van der Waals surface area contributed by atoms with Crippen molar-refractivity contribution in [3.8, 4) is 0 Å². The lowest BCUT2D eigenvalue weighted by atomic mass is 10.0. The molecule has 1 aliphatic rings. The second-order valence-corrected chi connectivity index (χ2v) is 5.95. The highest BCUT2D eigenvalue weighted by molar-refractivity contribution is 7.99. The molecule has 2 N–H and O–H groups in total. The van der Waals surface area contributed by atoms with E-state index in [0.717, 1.165) is 6.42 Å². The fourth-order valence-corrected chi connectivity index (χ4v) is 2.46. The van der Waals surface area contributed by atoms with Crippen LogP contribution in [0.2, 0.25) is 0 Å². The summed E-state index contributed by atoms with van der Waals surface area (Å²) in [5.74, 6) is -1.16. The van der Waals surface area contributed by atoms with E-state index in [1.807, 2.05) is 0 Å². The van der Waals surface area contributed by atoms with Crippen molar-refractivity contribution in [1.82, 2.24) is 5.32 Å². The average Bonchev–Trinajstić information content (AvgIpc) is 2.78. The molecule has 17 heavy (non-hydrogen) atoms. The first kappa shape index (κ1) is 14.4. The summed E-state index contributed by atoms with van der Waals surface area (Å²) in [4.78, 5) is 22.5. The number of carbonyl (C=O) groups excluding carboxylic acids is 1. The number of carboxylic acids is 1. The number of hydrogen-bond acceptors (Lipinski definition) is 3. The Balaban J connectivity index is 2.23. The molecule has 0 spiro atoms. The van der Waals surface area contributed by atoms with Crippen LogP contribution in [0.15, 0.2) is 0 Å². The maximum atomic E-state index is 11.8. The van der Waals surface area contributed by atoms with Crippen molar-refractivity contribution in [1.29, 1.82) is 0 Å². The van der Waals surface area contributed by atoms with Crippen LogP contribution in [0.5, 0.6) is 0 Å². The quantitative estimate of drug-likeness (QED) is 0.762. The molecule has 0 radical (unpaired) electrons. The fourth-order valence-electron chi connectivity index (χ4n) is 2.10. The van der Waals surface area contributed by atoms with Crippen molar-refractivity contribution in [3.63, 3.8) is 0 Å². The van der Waals surface area contributed by atoms with Crippen LogP contribution in [-0.2, 0) is 9.59 Å². The topological polar surface area (TPSA) is 66.4 Å². The number of aliphatic carboxylic acids is 1. The van der Waals surface area contributed by atoms with E-state index in [1.54, 1.807) is 11.8 Å². The highest BCUT2D eigenvalue weighted by Crippen LogP contribution is 2.31. The lowest BCUT2D eigenvalue weighted by Crippen LogP contribution is -2.31. The first-order chi connectivity index (χ1) is 8.04. The van der Waals surface area contributed by atoms with Crippen LogP contribution >= 0.6 is 11.8 Å². The highest BCUT2D eigenvalue weighted by Gasteiger charge is 2.33. The second kappa shape index (κ2) is 6.89. The zero-order valence-electron chi connectivity index (χ0n) is 10.4. The van der Waals surface area contributed by atoms with Crippen LogP contribution in [0.1, 0.15) is 32.6 Å². The van der Waals surface area contributed by atoms with Crippen molar-refractivity contribution < 1.29 is 14.7 Å². The van der Waals surface area contributed by atoms with E-state index in [1.165, 1.54) is 0 Å². The zero-order chi connectivity index (χ0) is 12.8. The summed E-state index contributed by atoms with van der Waals surface area (Å²) in [7, 11) is 0. The molecule has 1 aliphatic carbocycles. The third kappa shape index (κ3) is 4.58. The molecule has 0 bridgehead atoms. The van der Waals surface area contributed by atoms with Gasteiger partial charge in [-0.15, -0.1) is 0 Å². The smallest absolute Gasteiger partial charge is 0.306 e. The van der Waals surface area contributed by atoms with Gasteiger partial charge in [0.05, 0.1) is 5.92 Å². The number of carbonyl (C=O) groups is 2. The minimum absolute atomic E-state index is 0.0297. The summed E-state index contributed by atoms with van der Waals surface area (Å²) >= 11 is 1.78. The van der Waals surface area contributed by atoms with Gasteiger partial charge in [0.2, 0.25) is 5.91 Å². The molecular formula is C12H21NO3S. The average molecular weight is 259 g/mol. The van der Waals surface area contributed by atoms with Gasteiger partial charge in [0.15, 0.2) is 0 Å². The van der Waals surface area contributed by atoms with Crippen molar-refractivity contribution in [2.45, 2.75) is 37.9 Å². The maximum absolute atomic E-state index is 11.8. The Labute approximate surface area is 107 Å². The highest BCUT2D eigenvalue weighted by atomic mass is 32.2. The molecule has 0 aromatic carbocycles. The summed E-state index contributed by atoms with van der Waals surface area (Å²) in [6.07, 6.45) is 4.86. The van der Waals surface area contributed by atoms with Crippen molar-refractivity contribution in [2.75, 3.05) is 12.8 Å². The Hall–Kier alpha value is -0.710. The van der Waals surface area contributed by atoms with Gasteiger partial charge in [-0.05, 0) is 31.9 Å². The van der Waals surface area contributed by atoms with E-state index in [2.05, 4.69) is 18.5 Å². The van der Waals surface area contributed by atoms with Crippen molar-refractivity contribution in [2.24, 2.45) is 11.8 Å². The minimum atomic E-state index is -0.767. The molecule has 1 fully saturated rings. The van der Waals surface area contributed by atoms with Crippen LogP contribution in [-0.4, -0.2) is 35.0 Å². The second-order valence-electron chi connectivity index (χ2n) is 4.67. The molecule has 1 saturated carbocycles. The van der Waals surface area contributed by atoms with Gasteiger partial charge in [-0.1, -0.05) is 6.92 Å². The molecule has 1 unspecified atom stereocenters. The lowest BCUT2D eigenvalue weighted by Gasteiger charge is -2.12. The van der Waals surface area contributed by atoms with Gasteiger partial charge in [0.1, 0.15) is 0 Å². The van der Waals surface area contributed by atoms with E-state index in [0.29, 0.717) is 31.1 Å². The molecule has 0 saturated heterocycles. The summed E-state index contributed by atoms with van der Waals surface area (Å²) in [6, 6.07) is 0. The molecule has 0 heterocycles. The predicted molar refractivity (Wildman–Crippen MR) is 69.1 cm³/mol. The largest absolute Gasteiger partial charge is 0.481 e. The third-order valence-electron chi connectivity index (χ3n) is 3.41. The van der Waals surface area contributed by atoms with Gasteiger partial charge >= 0.3 is 5.97 Å². The lowest BCUT2D eigenvalue weighted by molar-refractivity contribution is -0.141. The summed E-state index contributed by atoms with van der Waals surface area (Å²) in [6.45, 7) is 2.82. The molecule has 0 aromatic rings. The van der Waals surface area contributed by atoms with Gasteiger partial charge in [-0.3, -0.25) is 9.59 Å². The molecule has 98 valence electrons. The third-order valence-corrected chi connectivity index (χ3v) is 4.45. The molecule has 0 aliphatic heterocycles. The van der Waals surface area contributed by atoms with Gasteiger partial charge in [0, 0.05) is 17.7 Å². The van der Waals surface area contributed by atoms with Crippen LogP contribution in [0.4, 0.5) is 0 Å². The van der Waals surface area contributed by atoms with Crippen LogP contribution in [0, 0.1) is 11.8 Å². The molecule has 4 nitrogen and oxygen atoms in total. The minimum Gasteiger partial charge on any atom is -0.481 e. The molecule has 3 atom stereocenters. The Morgan fingerprint density at radius 3 is 2.59 bits per heavy atom. The Bertz CT molecular complexity index is 283. The number of thioether (sulfide) groups is 1. The van der Waals surface area contributed by atoms with Crippen LogP contribution < -0.4 is 5.32 Å². The van der Waals surface area contributed by atoms with Crippen LogP contribution in [0.25, 0.3) is 0 Å². The normalized spacial score (nSPS) is 25.5. The van der Waals surface area contributed by atoms with Crippen molar-refractivity contribution >= 4 is 23.6 Å². The van der Waals surface area contributed by atoms with E-state index in [-0.39, 0.29) is 17.7 Å². The number of hydrogen-bond donors (Lipinski definition) is 2. The number of rotatable bonds is 6. The molecule has 5 heteroatoms. The van der Waals surface area contributed by atoms with Crippen molar-refractivity contribution in [3.05, 3.63) is 0 Å². The van der Waals surface area contributed by atoms with E-state index < -0.39 is 5.97 Å². The van der Waals surface area contributed by atoms with E-state index >= 15 is 0 Å². The summed E-state index contributed by atoms with van der Waals surface area (Å²) in [5, 5.41) is 12.3. The van der Waals surface area contributed by atoms with Crippen LogP contribution in [0.3, 0.4) is 0 Å². The molecule has 0 aromatic heterocycles. The van der Waals surface area contributed by atoms with E-state index in [9.17, 15) is 9.59 Å². The van der Waals surface area contributed by atoms with Gasteiger partial charge in [-0.25, -0.2) is 0 Å². The first-order valence-corrected chi connectivity index (χ1v) is 7.36. The SMILES string of the molecule is CSC(C)CCNC(=O)[C@@H]1CC[C@H](C(=O)O)C1.